The molecule has 0 aliphatic carbocycles. The summed E-state index contributed by atoms with van der Waals surface area (Å²) in [7, 11) is 1.62. The highest BCUT2D eigenvalue weighted by Crippen LogP contribution is 2.16. The quantitative estimate of drug-likeness (QED) is 0.655. The van der Waals surface area contributed by atoms with Crippen LogP contribution in [-0.2, 0) is 16.1 Å². The average Bonchev–Trinajstić information content (AvgIpc) is 2.92. The van der Waals surface area contributed by atoms with Gasteiger partial charge in [-0.1, -0.05) is 17.7 Å². The van der Waals surface area contributed by atoms with Gasteiger partial charge in [0.15, 0.2) is 5.65 Å². The van der Waals surface area contributed by atoms with Crippen molar-refractivity contribution in [2.75, 3.05) is 20.3 Å². The lowest BCUT2D eigenvalue weighted by molar-refractivity contribution is -0.121. The molecule has 3 rings (SSSR count). The first-order valence-corrected chi connectivity index (χ1v) is 8.51. The lowest BCUT2D eigenvalue weighted by atomic mass is 10.2. The van der Waals surface area contributed by atoms with E-state index < -0.39 is 0 Å². The molecule has 2 aromatic heterocycles. The monoisotopic (exact) mass is 354 g/mol. The number of aromatic nitrogens is 3. The van der Waals surface area contributed by atoms with Gasteiger partial charge in [-0.05, 0) is 37.6 Å². The predicted molar refractivity (Wildman–Crippen MR) is 99.6 cm³/mol. The number of amides is 1. The molecular weight excluding hydrogens is 332 g/mol. The zero-order valence-electron chi connectivity index (χ0n) is 14.9. The predicted octanol–water partition coefficient (Wildman–Crippen LogP) is 1.65. The van der Waals surface area contributed by atoms with Crippen LogP contribution in [0.4, 0.5) is 0 Å². The van der Waals surface area contributed by atoms with Crippen LogP contribution in [0.5, 0.6) is 0 Å². The summed E-state index contributed by atoms with van der Waals surface area (Å²) in [5.41, 5.74) is 2.71. The Morgan fingerprint density at radius 3 is 2.73 bits per heavy atom. The number of hydrogen-bond acceptors (Lipinski definition) is 4. The minimum absolute atomic E-state index is 0.0487. The molecule has 0 fully saturated rings. The van der Waals surface area contributed by atoms with Crippen LogP contribution in [0.3, 0.4) is 0 Å². The molecule has 0 unspecified atom stereocenters. The first-order valence-electron chi connectivity index (χ1n) is 8.51. The van der Waals surface area contributed by atoms with E-state index in [0.29, 0.717) is 24.3 Å². The van der Waals surface area contributed by atoms with Crippen molar-refractivity contribution in [2.24, 2.45) is 0 Å². The van der Waals surface area contributed by atoms with E-state index in [1.807, 2.05) is 31.2 Å². The van der Waals surface area contributed by atoms with Gasteiger partial charge in [-0.3, -0.25) is 9.36 Å². The Hall–Kier alpha value is -2.93. The van der Waals surface area contributed by atoms with Crippen molar-refractivity contribution in [3.8, 4) is 5.69 Å². The molecule has 136 valence electrons. The van der Waals surface area contributed by atoms with Crippen LogP contribution in [0.1, 0.15) is 12.0 Å². The van der Waals surface area contributed by atoms with E-state index in [4.69, 9.17) is 4.74 Å². The van der Waals surface area contributed by atoms with Crippen LogP contribution in [0.25, 0.3) is 16.9 Å². The van der Waals surface area contributed by atoms with Gasteiger partial charge in [0.05, 0.1) is 11.2 Å². The number of benzene rings is 1. The summed E-state index contributed by atoms with van der Waals surface area (Å²) in [5.74, 6) is -0.213. The normalized spacial score (nSPS) is 11.0. The Kier molecular flexibility index (Phi) is 5.48. The SMILES string of the molecule is COCCCNC(=O)Cn1c(=O)n(-c2ccc(C)cc2)c2ncccc21. The topological polar surface area (TPSA) is 78.1 Å². The number of carbonyl (C=O) groups excluding carboxylic acids is 1. The largest absolute Gasteiger partial charge is 0.385 e. The fraction of sp³-hybridized carbons (Fsp3) is 0.316. The molecule has 0 saturated carbocycles. The van der Waals surface area contributed by atoms with Gasteiger partial charge in [0, 0.05) is 26.5 Å². The van der Waals surface area contributed by atoms with Gasteiger partial charge < -0.3 is 10.1 Å². The second kappa shape index (κ2) is 7.97. The molecule has 0 saturated heterocycles. The molecule has 26 heavy (non-hydrogen) atoms. The number of methoxy groups -OCH3 is 1. The van der Waals surface area contributed by atoms with Crippen LogP contribution < -0.4 is 11.0 Å². The third-order valence-electron chi connectivity index (χ3n) is 4.13. The van der Waals surface area contributed by atoms with Gasteiger partial charge in [-0.2, -0.15) is 0 Å². The number of rotatable bonds is 7. The highest BCUT2D eigenvalue weighted by Gasteiger charge is 2.17. The molecule has 1 aromatic carbocycles. The Morgan fingerprint density at radius 2 is 2.00 bits per heavy atom. The zero-order chi connectivity index (χ0) is 18.5. The van der Waals surface area contributed by atoms with Crippen molar-refractivity contribution in [1.82, 2.24) is 19.4 Å². The molecule has 0 radical (unpaired) electrons. The van der Waals surface area contributed by atoms with Gasteiger partial charge >= 0.3 is 5.69 Å². The van der Waals surface area contributed by atoms with Crippen LogP contribution in [-0.4, -0.2) is 40.3 Å². The number of hydrogen-bond donors (Lipinski definition) is 1. The van der Waals surface area contributed by atoms with Crippen LogP contribution in [0.15, 0.2) is 47.4 Å². The summed E-state index contributed by atoms with van der Waals surface area (Å²) < 4.78 is 7.95. The number of imidazole rings is 1. The van der Waals surface area contributed by atoms with Crippen molar-refractivity contribution in [2.45, 2.75) is 19.9 Å². The zero-order valence-corrected chi connectivity index (χ0v) is 14.9. The lowest BCUT2D eigenvalue weighted by Crippen LogP contribution is -2.33. The number of nitrogens with zero attached hydrogens (tertiary/aromatic N) is 3. The van der Waals surface area contributed by atoms with Gasteiger partial charge in [0.1, 0.15) is 6.54 Å². The maximum absolute atomic E-state index is 13.0. The smallest absolute Gasteiger partial charge is 0.335 e. The summed E-state index contributed by atoms with van der Waals surface area (Å²) >= 11 is 0. The molecule has 1 amide bonds. The van der Waals surface area contributed by atoms with Crippen molar-refractivity contribution < 1.29 is 9.53 Å². The molecule has 1 N–H and O–H groups in total. The molecule has 3 aromatic rings. The van der Waals surface area contributed by atoms with E-state index in [1.54, 1.807) is 25.4 Å². The summed E-state index contributed by atoms with van der Waals surface area (Å²) in [4.78, 5) is 29.5. The van der Waals surface area contributed by atoms with Crippen molar-refractivity contribution in [3.63, 3.8) is 0 Å². The van der Waals surface area contributed by atoms with E-state index in [0.717, 1.165) is 17.7 Å². The number of carbonyl (C=O) groups is 1. The van der Waals surface area contributed by atoms with Crippen LogP contribution in [0.2, 0.25) is 0 Å². The Morgan fingerprint density at radius 1 is 1.23 bits per heavy atom. The minimum Gasteiger partial charge on any atom is -0.385 e. The number of pyridine rings is 1. The first-order chi connectivity index (χ1) is 12.6. The summed E-state index contributed by atoms with van der Waals surface area (Å²) in [6.45, 7) is 3.03. The summed E-state index contributed by atoms with van der Waals surface area (Å²) in [6.07, 6.45) is 2.37. The highest BCUT2D eigenvalue weighted by atomic mass is 16.5. The van der Waals surface area contributed by atoms with Gasteiger partial charge in [-0.15, -0.1) is 0 Å². The molecule has 0 aliphatic heterocycles. The maximum Gasteiger partial charge on any atom is 0.335 e. The molecule has 7 heteroatoms. The Balaban J connectivity index is 1.94. The highest BCUT2D eigenvalue weighted by molar-refractivity contribution is 5.80. The number of ether oxygens (including phenoxy) is 1. The van der Waals surface area contributed by atoms with Gasteiger partial charge in [0.2, 0.25) is 5.91 Å². The molecule has 0 bridgehead atoms. The molecule has 0 atom stereocenters. The third kappa shape index (κ3) is 3.67. The molecule has 7 nitrogen and oxygen atoms in total. The fourth-order valence-corrected chi connectivity index (χ4v) is 2.81. The minimum atomic E-state index is -0.283. The Labute approximate surface area is 151 Å². The summed E-state index contributed by atoms with van der Waals surface area (Å²) in [5, 5.41) is 2.81. The molecule has 0 aliphatic rings. The van der Waals surface area contributed by atoms with Crippen molar-refractivity contribution >= 4 is 17.1 Å². The number of fused-ring (bicyclic) bond motifs is 1. The van der Waals surface area contributed by atoms with Crippen molar-refractivity contribution in [3.05, 3.63) is 58.6 Å². The molecule has 0 spiro atoms. The molecular formula is C19H22N4O3. The third-order valence-corrected chi connectivity index (χ3v) is 4.13. The first kappa shape index (κ1) is 17.9. The second-order valence-corrected chi connectivity index (χ2v) is 6.08. The maximum atomic E-state index is 13.0. The van der Waals surface area contributed by atoms with Crippen molar-refractivity contribution in [1.29, 1.82) is 0 Å². The summed E-state index contributed by atoms with van der Waals surface area (Å²) in [6, 6.07) is 11.2. The Bertz CT molecular complexity index is 957. The van der Waals surface area contributed by atoms with E-state index in [9.17, 15) is 9.59 Å². The van der Waals surface area contributed by atoms with Crippen LogP contribution in [0, 0.1) is 6.92 Å². The standard InChI is InChI=1S/C19H22N4O3/c1-14-6-8-15(9-7-14)23-18-16(5-3-10-21-18)22(19(23)25)13-17(24)20-11-4-12-26-2/h3,5-10H,4,11-13H2,1-2H3,(H,20,24). The fourth-order valence-electron chi connectivity index (χ4n) is 2.81. The molecule has 2 heterocycles. The van der Waals surface area contributed by atoms with Gasteiger partial charge in [-0.25, -0.2) is 14.3 Å². The average molecular weight is 354 g/mol. The van der Waals surface area contributed by atoms with E-state index in [2.05, 4.69) is 10.3 Å². The second-order valence-electron chi connectivity index (χ2n) is 6.08. The van der Waals surface area contributed by atoms with E-state index in [1.165, 1.54) is 9.13 Å². The van der Waals surface area contributed by atoms with Crippen LogP contribution >= 0.6 is 0 Å². The van der Waals surface area contributed by atoms with Gasteiger partial charge in [0.25, 0.3) is 0 Å². The number of nitrogens with one attached hydrogen (secondary N) is 1. The number of aryl methyl sites for hydroxylation is 1. The van der Waals surface area contributed by atoms with E-state index >= 15 is 0 Å². The van der Waals surface area contributed by atoms with E-state index in [-0.39, 0.29) is 18.1 Å². The lowest BCUT2D eigenvalue weighted by Gasteiger charge is -2.06.